The van der Waals surface area contributed by atoms with Crippen LogP contribution in [0.2, 0.25) is 5.15 Å². The molecule has 100 valence electrons. The SMILES string of the molecule is CC(CO)CCCNc1cc(C(=O)O)cc(Cl)n1. The molecule has 0 aromatic carbocycles. The lowest BCUT2D eigenvalue weighted by Crippen LogP contribution is -2.08. The molecule has 0 amide bonds. The third-order valence-corrected chi connectivity index (χ3v) is 2.73. The molecule has 5 nitrogen and oxygen atoms in total. The van der Waals surface area contributed by atoms with E-state index in [2.05, 4.69) is 10.3 Å². The molecule has 0 fully saturated rings. The van der Waals surface area contributed by atoms with Crippen LogP contribution in [0.25, 0.3) is 0 Å². The van der Waals surface area contributed by atoms with Crippen LogP contribution in [-0.4, -0.2) is 34.3 Å². The van der Waals surface area contributed by atoms with Crippen molar-refractivity contribution in [1.29, 1.82) is 0 Å². The van der Waals surface area contributed by atoms with Gasteiger partial charge in [0.25, 0.3) is 0 Å². The number of aliphatic hydroxyl groups is 1. The van der Waals surface area contributed by atoms with Crippen molar-refractivity contribution < 1.29 is 15.0 Å². The van der Waals surface area contributed by atoms with Gasteiger partial charge in [0.15, 0.2) is 0 Å². The van der Waals surface area contributed by atoms with E-state index in [1.807, 2.05) is 6.92 Å². The first kappa shape index (κ1) is 14.7. The number of aromatic carboxylic acids is 1. The van der Waals surface area contributed by atoms with Gasteiger partial charge in [-0.15, -0.1) is 0 Å². The molecule has 0 aliphatic carbocycles. The second-order valence-electron chi connectivity index (χ2n) is 4.23. The smallest absolute Gasteiger partial charge is 0.335 e. The average Bonchev–Trinajstić information content (AvgIpc) is 2.33. The number of hydrogen-bond acceptors (Lipinski definition) is 4. The fourth-order valence-electron chi connectivity index (χ4n) is 1.47. The predicted molar refractivity (Wildman–Crippen MR) is 70.2 cm³/mol. The van der Waals surface area contributed by atoms with Crippen LogP contribution >= 0.6 is 11.6 Å². The van der Waals surface area contributed by atoms with Crippen LogP contribution in [0.4, 0.5) is 5.82 Å². The summed E-state index contributed by atoms with van der Waals surface area (Å²) in [6.45, 7) is 2.81. The highest BCUT2D eigenvalue weighted by Gasteiger charge is 2.07. The van der Waals surface area contributed by atoms with Gasteiger partial charge in [-0.2, -0.15) is 0 Å². The minimum atomic E-state index is -1.03. The fourth-order valence-corrected chi connectivity index (χ4v) is 1.68. The van der Waals surface area contributed by atoms with Gasteiger partial charge in [-0.3, -0.25) is 0 Å². The largest absolute Gasteiger partial charge is 0.478 e. The van der Waals surface area contributed by atoms with E-state index in [0.29, 0.717) is 12.4 Å². The maximum Gasteiger partial charge on any atom is 0.335 e. The molecule has 1 aromatic rings. The third kappa shape index (κ3) is 4.89. The lowest BCUT2D eigenvalue weighted by atomic mass is 10.1. The molecule has 6 heteroatoms. The Morgan fingerprint density at radius 3 is 2.89 bits per heavy atom. The molecule has 1 atom stereocenters. The summed E-state index contributed by atoms with van der Waals surface area (Å²) in [6, 6.07) is 2.76. The molecular formula is C12H17ClN2O3. The number of halogens is 1. The van der Waals surface area contributed by atoms with E-state index in [9.17, 15) is 4.79 Å². The van der Waals surface area contributed by atoms with Gasteiger partial charge < -0.3 is 15.5 Å². The Kier molecular flexibility index (Phi) is 5.88. The monoisotopic (exact) mass is 272 g/mol. The highest BCUT2D eigenvalue weighted by Crippen LogP contribution is 2.15. The van der Waals surface area contributed by atoms with Crippen molar-refractivity contribution in [2.45, 2.75) is 19.8 Å². The average molecular weight is 273 g/mol. The minimum Gasteiger partial charge on any atom is -0.478 e. The molecule has 0 aliphatic heterocycles. The number of aromatic nitrogens is 1. The summed E-state index contributed by atoms with van der Waals surface area (Å²) in [5.74, 6) is -0.304. The van der Waals surface area contributed by atoms with E-state index >= 15 is 0 Å². The summed E-state index contributed by atoms with van der Waals surface area (Å²) >= 11 is 5.73. The molecule has 0 spiro atoms. The molecular weight excluding hydrogens is 256 g/mol. The highest BCUT2D eigenvalue weighted by atomic mass is 35.5. The van der Waals surface area contributed by atoms with Crippen molar-refractivity contribution in [2.24, 2.45) is 5.92 Å². The Labute approximate surface area is 111 Å². The molecule has 18 heavy (non-hydrogen) atoms. The standard InChI is InChI=1S/C12H17ClN2O3/c1-8(7-16)3-2-4-14-11-6-9(12(17)18)5-10(13)15-11/h5-6,8,16H,2-4,7H2,1H3,(H,14,15)(H,17,18). The van der Waals surface area contributed by atoms with Crippen LogP contribution in [0.5, 0.6) is 0 Å². The summed E-state index contributed by atoms with van der Waals surface area (Å²) in [5.41, 5.74) is 0.112. The lowest BCUT2D eigenvalue weighted by molar-refractivity contribution is 0.0697. The van der Waals surface area contributed by atoms with E-state index in [0.717, 1.165) is 12.8 Å². The van der Waals surface area contributed by atoms with Crippen molar-refractivity contribution >= 4 is 23.4 Å². The first-order valence-electron chi connectivity index (χ1n) is 5.78. The Balaban J connectivity index is 2.49. The number of aliphatic hydroxyl groups excluding tert-OH is 1. The summed E-state index contributed by atoms with van der Waals surface area (Å²) < 4.78 is 0. The van der Waals surface area contributed by atoms with Crippen molar-refractivity contribution in [3.05, 3.63) is 22.8 Å². The molecule has 0 radical (unpaired) electrons. The van der Waals surface area contributed by atoms with Crippen molar-refractivity contribution in [3.63, 3.8) is 0 Å². The van der Waals surface area contributed by atoms with Gasteiger partial charge in [0.1, 0.15) is 11.0 Å². The molecule has 1 aromatic heterocycles. The lowest BCUT2D eigenvalue weighted by Gasteiger charge is -2.09. The second-order valence-corrected chi connectivity index (χ2v) is 4.61. The number of carboxylic acid groups (broad SMARTS) is 1. The normalized spacial score (nSPS) is 12.2. The van der Waals surface area contributed by atoms with Gasteiger partial charge in [-0.05, 0) is 30.9 Å². The van der Waals surface area contributed by atoms with E-state index < -0.39 is 5.97 Å². The Morgan fingerprint density at radius 2 is 2.28 bits per heavy atom. The van der Waals surface area contributed by atoms with Gasteiger partial charge in [0, 0.05) is 13.2 Å². The predicted octanol–water partition coefficient (Wildman–Crippen LogP) is 2.25. The maximum absolute atomic E-state index is 10.8. The number of pyridine rings is 1. The van der Waals surface area contributed by atoms with Crippen molar-refractivity contribution in [1.82, 2.24) is 4.98 Å². The van der Waals surface area contributed by atoms with Crippen LogP contribution in [0.15, 0.2) is 12.1 Å². The number of carbonyl (C=O) groups is 1. The zero-order valence-electron chi connectivity index (χ0n) is 10.2. The first-order chi connectivity index (χ1) is 8.52. The summed E-state index contributed by atoms with van der Waals surface area (Å²) in [4.78, 5) is 14.8. The van der Waals surface area contributed by atoms with Crippen LogP contribution < -0.4 is 5.32 Å². The fraction of sp³-hybridized carbons (Fsp3) is 0.500. The Hall–Kier alpha value is -1.33. The summed E-state index contributed by atoms with van der Waals surface area (Å²) in [5, 5.41) is 20.9. The Bertz CT molecular complexity index is 412. The third-order valence-electron chi connectivity index (χ3n) is 2.53. The zero-order chi connectivity index (χ0) is 13.5. The van der Waals surface area contributed by atoms with Gasteiger partial charge in [0.05, 0.1) is 5.56 Å². The molecule has 1 rings (SSSR count). The number of carboxylic acids is 1. The second kappa shape index (κ2) is 7.18. The van der Waals surface area contributed by atoms with E-state index in [4.69, 9.17) is 21.8 Å². The minimum absolute atomic E-state index is 0.112. The Morgan fingerprint density at radius 1 is 1.56 bits per heavy atom. The van der Waals surface area contributed by atoms with Crippen LogP contribution in [0.1, 0.15) is 30.1 Å². The zero-order valence-corrected chi connectivity index (χ0v) is 10.9. The van der Waals surface area contributed by atoms with Gasteiger partial charge in [0.2, 0.25) is 0 Å². The van der Waals surface area contributed by atoms with E-state index in [1.54, 1.807) is 0 Å². The molecule has 3 N–H and O–H groups in total. The van der Waals surface area contributed by atoms with Gasteiger partial charge >= 0.3 is 5.97 Å². The summed E-state index contributed by atoms with van der Waals surface area (Å²) in [7, 11) is 0. The van der Waals surface area contributed by atoms with Crippen molar-refractivity contribution in [2.75, 3.05) is 18.5 Å². The molecule has 0 bridgehead atoms. The molecule has 1 unspecified atom stereocenters. The van der Waals surface area contributed by atoms with Crippen LogP contribution in [-0.2, 0) is 0 Å². The first-order valence-corrected chi connectivity index (χ1v) is 6.16. The van der Waals surface area contributed by atoms with E-state index in [-0.39, 0.29) is 23.2 Å². The molecule has 0 saturated carbocycles. The van der Waals surface area contributed by atoms with Crippen LogP contribution in [0, 0.1) is 5.92 Å². The highest BCUT2D eigenvalue weighted by molar-refractivity contribution is 6.29. The number of rotatable bonds is 7. The number of nitrogens with zero attached hydrogens (tertiary/aromatic N) is 1. The van der Waals surface area contributed by atoms with Crippen molar-refractivity contribution in [3.8, 4) is 0 Å². The van der Waals surface area contributed by atoms with Crippen LogP contribution in [0.3, 0.4) is 0 Å². The number of nitrogens with one attached hydrogen (secondary N) is 1. The molecule has 0 saturated heterocycles. The van der Waals surface area contributed by atoms with Gasteiger partial charge in [-0.1, -0.05) is 18.5 Å². The molecule has 0 aliphatic rings. The number of hydrogen-bond donors (Lipinski definition) is 3. The number of anilines is 1. The molecule has 1 heterocycles. The quantitative estimate of drug-likeness (QED) is 0.524. The van der Waals surface area contributed by atoms with Gasteiger partial charge in [-0.25, -0.2) is 9.78 Å². The van der Waals surface area contributed by atoms with E-state index in [1.165, 1.54) is 12.1 Å². The maximum atomic E-state index is 10.8. The topological polar surface area (TPSA) is 82.5 Å². The summed E-state index contributed by atoms with van der Waals surface area (Å²) in [6.07, 6.45) is 1.77.